The molecule has 1 saturated carbocycles. The van der Waals surface area contributed by atoms with E-state index in [1.165, 1.54) is 16.9 Å². The molecule has 4 atom stereocenters. The number of fused-ring (bicyclic) bond motifs is 4. The number of carbonyl (C=O) groups is 1. The van der Waals surface area contributed by atoms with Crippen molar-refractivity contribution in [2.45, 2.75) is 62.9 Å². The van der Waals surface area contributed by atoms with Gasteiger partial charge in [0, 0.05) is 43.3 Å². The lowest BCUT2D eigenvalue weighted by atomic mass is 9.59. The predicted molar refractivity (Wildman–Crippen MR) is 135 cm³/mol. The molecule has 1 N–H and O–H groups in total. The van der Waals surface area contributed by atoms with Crippen LogP contribution in [0.15, 0.2) is 40.5 Å². The Morgan fingerprint density at radius 2 is 1.94 bits per heavy atom. The van der Waals surface area contributed by atoms with Gasteiger partial charge in [-0.3, -0.25) is 9.69 Å². The topological polar surface area (TPSA) is 67.3 Å². The average Bonchev–Trinajstić information content (AvgIpc) is 2.82. The highest BCUT2D eigenvalue weighted by Gasteiger charge is 2.45. The number of piperidine rings is 1. The second-order valence-electron chi connectivity index (χ2n) is 10.3. The Kier molecular flexibility index (Phi) is 7.11. The maximum atomic E-state index is 11.8. The number of carbonyl (C=O) groups excluding carboxylic acids is 1. The molecule has 34 heavy (non-hydrogen) atoms. The first-order chi connectivity index (χ1) is 16.5. The molecule has 1 aromatic heterocycles. The van der Waals surface area contributed by atoms with Crippen molar-refractivity contribution in [3.8, 4) is 0 Å². The van der Waals surface area contributed by atoms with Gasteiger partial charge in [-0.25, -0.2) is 9.97 Å². The number of rotatable bonds is 7. The Labute approximate surface area is 207 Å². The van der Waals surface area contributed by atoms with Crippen molar-refractivity contribution < 1.29 is 9.53 Å². The summed E-state index contributed by atoms with van der Waals surface area (Å²) in [5.74, 6) is 4.42. The van der Waals surface area contributed by atoms with Crippen molar-refractivity contribution in [3.63, 3.8) is 0 Å². The Hall–Kier alpha value is -2.12. The molecule has 3 aliphatic rings. The van der Waals surface area contributed by atoms with Crippen LogP contribution in [0.3, 0.4) is 0 Å². The summed E-state index contributed by atoms with van der Waals surface area (Å²) in [5, 5.41) is 4.40. The molecule has 3 heterocycles. The number of hydrogen-bond acceptors (Lipinski definition) is 7. The first-order valence-corrected chi connectivity index (χ1v) is 13.6. The van der Waals surface area contributed by atoms with Crippen LogP contribution in [0.4, 0.5) is 11.5 Å². The van der Waals surface area contributed by atoms with E-state index in [4.69, 9.17) is 4.74 Å². The molecule has 7 heteroatoms. The van der Waals surface area contributed by atoms with Crippen molar-refractivity contribution in [2.24, 2.45) is 29.6 Å². The van der Waals surface area contributed by atoms with Gasteiger partial charge in [0.25, 0.3) is 0 Å². The van der Waals surface area contributed by atoms with E-state index >= 15 is 0 Å². The number of anilines is 2. The molecule has 182 valence electrons. The third-order valence-corrected chi connectivity index (χ3v) is 9.11. The van der Waals surface area contributed by atoms with E-state index in [1.54, 1.807) is 24.2 Å². The quantitative estimate of drug-likeness (QED) is 0.431. The summed E-state index contributed by atoms with van der Waals surface area (Å²) in [4.78, 5) is 24.6. The molecule has 0 amide bonds. The van der Waals surface area contributed by atoms with E-state index in [-0.39, 0.29) is 5.97 Å². The first-order valence-electron chi connectivity index (χ1n) is 12.8. The smallest absolute Gasteiger partial charge is 0.305 e. The van der Waals surface area contributed by atoms with Crippen LogP contribution in [-0.2, 0) is 16.1 Å². The van der Waals surface area contributed by atoms with Crippen LogP contribution in [0.25, 0.3) is 0 Å². The molecule has 2 aromatic rings. The summed E-state index contributed by atoms with van der Waals surface area (Å²) < 4.78 is 5.15. The fourth-order valence-corrected chi connectivity index (χ4v) is 7.39. The van der Waals surface area contributed by atoms with Gasteiger partial charge in [-0.2, -0.15) is 0 Å². The molecule has 4 unspecified atom stereocenters. The largest absolute Gasteiger partial charge is 0.466 e. The van der Waals surface area contributed by atoms with Gasteiger partial charge in [0.1, 0.15) is 5.03 Å². The van der Waals surface area contributed by atoms with Crippen LogP contribution >= 0.6 is 11.8 Å². The molecule has 1 aromatic carbocycles. The minimum Gasteiger partial charge on any atom is -0.466 e. The zero-order valence-electron chi connectivity index (χ0n) is 20.5. The van der Waals surface area contributed by atoms with E-state index in [9.17, 15) is 4.79 Å². The standard InChI is InChI=1S/C27H36N4O2S/c1-4-33-25(32)7-5-6-20-21-15-31(16-22(20)18(3)12-17(21)2)14-19-8-9-24-23(13-19)30-26-27(34-24)29-11-10-28-26/h8-11,13,17-18,20-22H,4-7,12,14-16H2,1-3H3,(H,28,30). The fraction of sp³-hybridized carbons (Fsp3) is 0.593. The minimum atomic E-state index is -0.0426. The summed E-state index contributed by atoms with van der Waals surface area (Å²) in [6.07, 6.45) is 7.47. The van der Waals surface area contributed by atoms with Gasteiger partial charge in [-0.1, -0.05) is 31.7 Å². The summed E-state index contributed by atoms with van der Waals surface area (Å²) in [6, 6.07) is 6.77. The Morgan fingerprint density at radius 1 is 1.18 bits per heavy atom. The number of aromatic nitrogens is 2. The monoisotopic (exact) mass is 480 g/mol. The van der Waals surface area contributed by atoms with Crippen molar-refractivity contribution in [1.82, 2.24) is 14.9 Å². The van der Waals surface area contributed by atoms with Gasteiger partial charge >= 0.3 is 5.97 Å². The number of benzene rings is 1. The molecule has 1 saturated heterocycles. The van der Waals surface area contributed by atoms with Gasteiger partial charge < -0.3 is 10.1 Å². The Balaban J connectivity index is 1.25. The Bertz CT molecular complexity index is 1010. The number of nitrogens with one attached hydrogen (secondary N) is 1. The van der Waals surface area contributed by atoms with Gasteiger partial charge in [0.15, 0.2) is 5.82 Å². The van der Waals surface area contributed by atoms with E-state index < -0.39 is 0 Å². The van der Waals surface area contributed by atoms with Crippen molar-refractivity contribution in [1.29, 1.82) is 0 Å². The number of nitrogens with zero attached hydrogens (tertiary/aromatic N) is 3. The molecule has 0 spiro atoms. The van der Waals surface area contributed by atoms with Gasteiger partial charge in [0.05, 0.1) is 12.3 Å². The van der Waals surface area contributed by atoms with Crippen molar-refractivity contribution in [2.75, 3.05) is 25.0 Å². The number of hydrogen-bond donors (Lipinski definition) is 1. The van der Waals surface area contributed by atoms with Crippen LogP contribution in [-0.4, -0.2) is 40.5 Å². The van der Waals surface area contributed by atoms with E-state index in [1.807, 2.05) is 6.92 Å². The third kappa shape index (κ3) is 4.96. The van der Waals surface area contributed by atoms with Crippen LogP contribution in [0, 0.1) is 29.6 Å². The van der Waals surface area contributed by atoms with Gasteiger partial charge in [-0.05, 0) is 73.5 Å². The predicted octanol–water partition coefficient (Wildman–Crippen LogP) is 5.76. The van der Waals surface area contributed by atoms with E-state index in [2.05, 4.69) is 52.2 Å². The van der Waals surface area contributed by atoms with Crippen LogP contribution in [0.2, 0.25) is 0 Å². The fourth-order valence-electron chi connectivity index (χ4n) is 6.51. The van der Waals surface area contributed by atoms with Crippen molar-refractivity contribution in [3.05, 3.63) is 36.2 Å². The SMILES string of the molecule is CCOC(=O)CCCC1C2CN(Cc3ccc4c(c3)Nc3nccnc3S4)CC1C(C)CC2C. The lowest BCUT2D eigenvalue weighted by Crippen LogP contribution is -2.53. The summed E-state index contributed by atoms with van der Waals surface area (Å²) in [5.41, 5.74) is 2.48. The van der Waals surface area contributed by atoms with Gasteiger partial charge in [0.2, 0.25) is 0 Å². The van der Waals surface area contributed by atoms with Crippen molar-refractivity contribution >= 4 is 29.2 Å². The highest BCUT2D eigenvalue weighted by Crippen LogP contribution is 2.48. The summed E-state index contributed by atoms with van der Waals surface area (Å²) >= 11 is 1.68. The lowest BCUT2D eigenvalue weighted by molar-refractivity contribution is -0.143. The highest BCUT2D eigenvalue weighted by molar-refractivity contribution is 7.99. The molecule has 5 rings (SSSR count). The van der Waals surface area contributed by atoms with Gasteiger partial charge in [-0.15, -0.1) is 0 Å². The average molecular weight is 481 g/mol. The second kappa shape index (κ2) is 10.2. The molecule has 0 radical (unpaired) electrons. The first kappa shape index (κ1) is 23.6. The van der Waals surface area contributed by atoms with Crippen LogP contribution < -0.4 is 5.32 Å². The number of ether oxygens (including phenoxy) is 1. The second-order valence-corrected chi connectivity index (χ2v) is 11.4. The molecule has 2 bridgehead atoms. The molecular formula is C27H36N4O2S. The van der Waals surface area contributed by atoms with E-state index in [0.717, 1.165) is 66.8 Å². The zero-order valence-corrected chi connectivity index (χ0v) is 21.3. The zero-order chi connectivity index (χ0) is 23.7. The molecule has 1 aliphatic carbocycles. The molecule has 6 nitrogen and oxygen atoms in total. The maximum absolute atomic E-state index is 11.8. The van der Waals surface area contributed by atoms with Crippen LogP contribution in [0.1, 0.15) is 52.0 Å². The molecule has 2 aliphatic heterocycles. The van der Waals surface area contributed by atoms with E-state index in [0.29, 0.717) is 24.9 Å². The van der Waals surface area contributed by atoms with Crippen LogP contribution in [0.5, 0.6) is 0 Å². The minimum absolute atomic E-state index is 0.0426. The number of likely N-dealkylation sites (tertiary alicyclic amines) is 1. The number of esters is 1. The summed E-state index contributed by atoms with van der Waals surface area (Å²) in [7, 11) is 0. The molecular weight excluding hydrogens is 444 g/mol. The highest BCUT2D eigenvalue weighted by atomic mass is 32.2. The summed E-state index contributed by atoms with van der Waals surface area (Å²) in [6.45, 7) is 10.5. The third-order valence-electron chi connectivity index (χ3n) is 8.04. The maximum Gasteiger partial charge on any atom is 0.305 e. The molecule has 2 fully saturated rings. The lowest BCUT2D eigenvalue weighted by Gasteiger charge is -2.53. The Morgan fingerprint density at radius 3 is 2.71 bits per heavy atom. The normalized spacial score (nSPS) is 27.9.